The number of nitrogens with zero attached hydrogens (tertiary/aromatic N) is 1. The number of imide groups is 1. The van der Waals surface area contributed by atoms with Crippen molar-refractivity contribution in [3.63, 3.8) is 0 Å². The van der Waals surface area contributed by atoms with Gasteiger partial charge in [0, 0.05) is 5.54 Å². The predicted octanol–water partition coefficient (Wildman–Crippen LogP) is 1.51. The van der Waals surface area contributed by atoms with Crippen LogP contribution in [0.4, 0.5) is 4.79 Å². The molecule has 1 atom stereocenters. The third-order valence-corrected chi connectivity index (χ3v) is 3.32. The Morgan fingerprint density at radius 3 is 2.14 bits per heavy atom. The number of amides is 3. The molecule has 0 aromatic heterocycles. The number of urea groups is 1. The first-order chi connectivity index (χ1) is 6.46. The average molecular weight is 198 g/mol. The van der Waals surface area contributed by atoms with Gasteiger partial charge < -0.3 is 4.90 Å². The molecule has 3 amide bonds. The molecule has 1 N–H and O–H groups in total. The molecule has 1 saturated heterocycles. The summed E-state index contributed by atoms with van der Waals surface area (Å²) in [5.74, 6) is -0.192. The van der Waals surface area contributed by atoms with Gasteiger partial charge in [0.25, 0.3) is 5.91 Å². The van der Waals surface area contributed by atoms with Gasteiger partial charge in [-0.25, -0.2) is 4.79 Å². The summed E-state index contributed by atoms with van der Waals surface area (Å²) in [5, 5.41) is 2.34. The molecule has 0 aromatic rings. The summed E-state index contributed by atoms with van der Waals surface area (Å²) < 4.78 is 0. The van der Waals surface area contributed by atoms with Gasteiger partial charge in [-0.05, 0) is 26.7 Å². The highest BCUT2D eigenvalue weighted by Crippen LogP contribution is 2.28. The minimum atomic E-state index is -0.340. The number of hydrogen-bond acceptors (Lipinski definition) is 2. The Kier molecular flexibility index (Phi) is 2.83. The average Bonchev–Trinajstić information content (AvgIpc) is 2.41. The number of carbonyl (C=O) groups is 2. The van der Waals surface area contributed by atoms with Crippen LogP contribution in [0.15, 0.2) is 0 Å². The zero-order valence-corrected chi connectivity index (χ0v) is 9.26. The molecule has 0 bridgehead atoms. The van der Waals surface area contributed by atoms with Crippen molar-refractivity contribution >= 4 is 11.9 Å². The lowest BCUT2D eigenvalue weighted by Gasteiger charge is -2.38. The molecule has 4 heteroatoms. The van der Waals surface area contributed by atoms with Gasteiger partial charge >= 0.3 is 6.03 Å². The minimum Gasteiger partial charge on any atom is -0.307 e. The number of rotatable bonds is 3. The summed E-state index contributed by atoms with van der Waals surface area (Å²) in [7, 11) is 0. The molecule has 1 aliphatic heterocycles. The van der Waals surface area contributed by atoms with Crippen molar-refractivity contribution in [2.75, 3.05) is 0 Å². The van der Waals surface area contributed by atoms with Gasteiger partial charge in [-0.1, -0.05) is 13.8 Å². The van der Waals surface area contributed by atoms with Gasteiger partial charge in [-0.2, -0.15) is 0 Å². The normalized spacial score (nSPS) is 22.9. The largest absolute Gasteiger partial charge is 0.325 e. The lowest BCUT2D eigenvalue weighted by Crippen LogP contribution is -2.50. The second-order valence-corrected chi connectivity index (χ2v) is 4.04. The van der Waals surface area contributed by atoms with Crippen LogP contribution >= 0.6 is 0 Å². The Labute approximate surface area is 84.7 Å². The molecule has 0 spiro atoms. The van der Waals surface area contributed by atoms with E-state index in [-0.39, 0.29) is 23.5 Å². The second kappa shape index (κ2) is 3.59. The van der Waals surface area contributed by atoms with E-state index in [1.807, 2.05) is 20.8 Å². The van der Waals surface area contributed by atoms with Crippen LogP contribution in [0.3, 0.4) is 0 Å². The topological polar surface area (TPSA) is 49.4 Å². The van der Waals surface area contributed by atoms with E-state index < -0.39 is 0 Å². The van der Waals surface area contributed by atoms with Crippen molar-refractivity contribution in [3.8, 4) is 0 Å². The minimum absolute atomic E-state index is 0.192. The van der Waals surface area contributed by atoms with E-state index in [0.29, 0.717) is 0 Å². The fraction of sp³-hybridized carbons (Fsp3) is 0.800. The van der Waals surface area contributed by atoms with Crippen molar-refractivity contribution in [1.29, 1.82) is 0 Å². The monoisotopic (exact) mass is 198 g/mol. The van der Waals surface area contributed by atoms with E-state index in [1.165, 1.54) is 0 Å². The van der Waals surface area contributed by atoms with Gasteiger partial charge in [0.1, 0.15) is 6.04 Å². The summed E-state index contributed by atoms with van der Waals surface area (Å²) in [6.45, 7) is 7.85. The molecule has 0 aliphatic carbocycles. The van der Waals surface area contributed by atoms with Gasteiger partial charge in [0.15, 0.2) is 0 Å². The van der Waals surface area contributed by atoms with Crippen molar-refractivity contribution in [2.24, 2.45) is 0 Å². The molecule has 1 rings (SSSR count). The first kappa shape index (κ1) is 11.0. The number of carbonyl (C=O) groups excluding carboxylic acids is 2. The summed E-state index contributed by atoms with van der Waals surface area (Å²) in [4.78, 5) is 24.5. The van der Waals surface area contributed by atoms with Gasteiger partial charge in [0.05, 0.1) is 0 Å². The smallest absolute Gasteiger partial charge is 0.307 e. The zero-order chi connectivity index (χ0) is 10.9. The third kappa shape index (κ3) is 1.49. The molecule has 4 nitrogen and oxygen atoms in total. The van der Waals surface area contributed by atoms with Gasteiger partial charge in [-0.3, -0.25) is 10.1 Å². The first-order valence-electron chi connectivity index (χ1n) is 5.10. The summed E-state index contributed by atoms with van der Waals surface area (Å²) in [5.41, 5.74) is -0.213. The third-order valence-electron chi connectivity index (χ3n) is 3.32. The molecule has 0 aromatic carbocycles. The summed E-state index contributed by atoms with van der Waals surface area (Å²) >= 11 is 0. The van der Waals surface area contributed by atoms with Crippen LogP contribution in [-0.2, 0) is 4.79 Å². The summed E-state index contributed by atoms with van der Waals surface area (Å²) in [6.07, 6.45) is 1.71. The highest BCUT2D eigenvalue weighted by atomic mass is 16.2. The SMILES string of the molecule is CCC(C)(CC)N1C(=O)NC(=O)[C@H]1C. The maximum Gasteiger partial charge on any atom is 0.325 e. The fourth-order valence-electron chi connectivity index (χ4n) is 1.87. The molecular weight excluding hydrogens is 180 g/mol. The van der Waals surface area contributed by atoms with E-state index in [2.05, 4.69) is 5.32 Å². The van der Waals surface area contributed by atoms with Crippen molar-refractivity contribution in [1.82, 2.24) is 10.2 Å². The highest BCUT2D eigenvalue weighted by Gasteiger charge is 2.44. The van der Waals surface area contributed by atoms with Gasteiger partial charge in [-0.15, -0.1) is 0 Å². The van der Waals surface area contributed by atoms with E-state index in [4.69, 9.17) is 0 Å². The van der Waals surface area contributed by atoms with Crippen LogP contribution in [0.1, 0.15) is 40.5 Å². The Bertz CT molecular complexity index is 259. The number of nitrogens with one attached hydrogen (secondary N) is 1. The molecule has 1 heterocycles. The fourth-order valence-corrected chi connectivity index (χ4v) is 1.87. The van der Waals surface area contributed by atoms with E-state index >= 15 is 0 Å². The standard InChI is InChI=1S/C10H18N2O2/c1-5-10(4,6-2)12-7(3)8(13)11-9(12)14/h7H,5-6H2,1-4H3,(H,11,13,14)/t7-/m1/s1. The van der Waals surface area contributed by atoms with Crippen molar-refractivity contribution in [2.45, 2.75) is 52.1 Å². The molecule has 80 valence electrons. The highest BCUT2D eigenvalue weighted by molar-refractivity contribution is 6.04. The van der Waals surface area contributed by atoms with Crippen LogP contribution in [0, 0.1) is 0 Å². The Morgan fingerprint density at radius 1 is 1.36 bits per heavy atom. The van der Waals surface area contributed by atoms with Crippen LogP contribution in [0.5, 0.6) is 0 Å². The van der Waals surface area contributed by atoms with E-state index in [9.17, 15) is 9.59 Å². The Morgan fingerprint density at radius 2 is 1.86 bits per heavy atom. The maximum atomic E-state index is 11.6. The maximum absolute atomic E-state index is 11.6. The number of hydrogen-bond donors (Lipinski definition) is 1. The molecule has 0 radical (unpaired) electrons. The first-order valence-corrected chi connectivity index (χ1v) is 5.10. The van der Waals surface area contributed by atoms with Crippen molar-refractivity contribution < 1.29 is 9.59 Å². The lowest BCUT2D eigenvalue weighted by molar-refractivity contribution is -0.121. The van der Waals surface area contributed by atoms with Crippen LogP contribution in [-0.4, -0.2) is 28.4 Å². The second-order valence-electron chi connectivity index (χ2n) is 4.04. The predicted molar refractivity (Wildman–Crippen MR) is 53.8 cm³/mol. The molecule has 1 fully saturated rings. The van der Waals surface area contributed by atoms with Crippen LogP contribution in [0.25, 0.3) is 0 Å². The quantitative estimate of drug-likeness (QED) is 0.699. The van der Waals surface area contributed by atoms with Gasteiger partial charge in [0.2, 0.25) is 0 Å². The molecule has 1 aliphatic rings. The summed E-state index contributed by atoms with van der Waals surface area (Å²) in [6, 6.07) is -0.596. The molecule has 14 heavy (non-hydrogen) atoms. The van der Waals surface area contributed by atoms with Crippen LogP contribution < -0.4 is 5.32 Å². The van der Waals surface area contributed by atoms with E-state index in [1.54, 1.807) is 11.8 Å². The molecule has 0 unspecified atom stereocenters. The Hall–Kier alpha value is -1.06. The molecular formula is C10H18N2O2. The Balaban J connectivity index is 2.96. The van der Waals surface area contributed by atoms with E-state index in [0.717, 1.165) is 12.8 Å². The molecule has 0 saturated carbocycles. The zero-order valence-electron chi connectivity index (χ0n) is 9.26. The lowest BCUT2D eigenvalue weighted by atomic mass is 9.92. The van der Waals surface area contributed by atoms with Crippen molar-refractivity contribution in [3.05, 3.63) is 0 Å². The van der Waals surface area contributed by atoms with Crippen LogP contribution in [0.2, 0.25) is 0 Å².